The van der Waals surface area contributed by atoms with Gasteiger partial charge in [-0.15, -0.1) is 0 Å². The molecule has 1 aliphatic carbocycles. The molecule has 3 nitrogen and oxygen atoms in total. The van der Waals surface area contributed by atoms with E-state index in [0.717, 1.165) is 31.7 Å². The van der Waals surface area contributed by atoms with Crippen LogP contribution < -0.4 is 10.1 Å². The third-order valence-corrected chi connectivity index (χ3v) is 3.58. The van der Waals surface area contributed by atoms with Crippen LogP contribution in [0.2, 0.25) is 0 Å². The summed E-state index contributed by atoms with van der Waals surface area (Å²) in [6.45, 7) is 1.80. The number of hydrogen-bond acceptors (Lipinski definition) is 3. The van der Waals surface area contributed by atoms with Gasteiger partial charge in [0.05, 0.1) is 19.8 Å². The monoisotopic (exact) mass is 219 g/mol. The fourth-order valence-electron chi connectivity index (χ4n) is 2.77. The summed E-state index contributed by atoms with van der Waals surface area (Å²) in [4.78, 5) is 0. The predicted octanol–water partition coefficient (Wildman–Crippen LogP) is 1.15. The molecule has 2 unspecified atom stereocenters. The van der Waals surface area contributed by atoms with Gasteiger partial charge in [-0.05, 0) is 23.6 Å². The van der Waals surface area contributed by atoms with Crippen LogP contribution in [0.25, 0.3) is 0 Å². The van der Waals surface area contributed by atoms with Crippen molar-refractivity contribution in [3.63, 3.8) is 0 Å². The van der Waals surface area contributed by atoms with Gasteiger partial charge < -0.3 is 14.8 Å². The van der Waals surface area contributed by atoms with Crippen molar-refractivity contribution in [1.29, 1.82) is 0 Å². The minimum atomic E-state index is 0.341. The third kappa shape index (κ3) is 1.60. The molecule has 0 radical (unpaired) electrons. The first kappa shape index (κ1) is 10.1. The van der Waals surface area contributed by atoms with Crippen molar-refractivity contribution in [2.24, 2.45) is 0 Å². The SMILES string of the molecule is COc1cccc2c1CC1NCCOC1C2. The number of morpholine rings is 1. The maximum Gasteiger partial charge on any atom is 0.122 e. The van der Waals surface area contributed by atoms with E-state index >= 15 is 0 Å². The maximum atomic E-state index is 5.81. The average molecular weight is 219 g/mol. The number of benzene rings is 1. The van der Waals surface area contributed by atoms with Gasteiger partial charge in [-0.25, -0.2) is 0 Å². The van der Waals surface area contributed by atoms with Crippen molar-refractivity contribution in [3.8, 4) is 5.75 Å². The van der Waals surface area contributed by atoms with Gasteiger partial charge in [-0.2, -0.15) is 0 Å². The fraction of sp³-hybridized carbons (Fsp3) is 0.538. The molecule has 86 valence electrons. The summed E-state index contributed by atoms with van der Waals surface area (Å²) in [5.41, 5.74) is 2.73. The molecule has 0 saturated carbocycles. The van der Waals surface area contributed by atoms with Crippen molar-refractivity contribution in [2.45, 2.75) is 25.0 Å². The van der Waals surface area contributed by atoms with Gasteiger partial charge in [0.2, 0.25) is 0 Å². The first-order valence-corrected chi connectivity index (χ1v) is 5.88. The standard InChI is InChI=1S/C13H17NO2/c1-15-12-4-2-3-9-7-13-11(8-10(9)12)14-5-6-16-13/h2-4,11,13-14H,5-8H2,1H3. The van der Waals surface area contributed by atoms with Crippen LogP contribution in [0.3, 0.4) is 0 Å². The summed E-state index contributed by atoms with van der Waals surface area (Å²) < 4.78 is 11.2. The zero-order valence-electron chi connectivity index (χ0n) is 9.53. The molecule has 1 aromatic carbocycles. The molecule has 1 fully saturated rings. The summed E-state index contributed by atoms with van der Waals surface area (Å²) in [6.07, 6.45) is 2.36. The lowest BCUT2D eigenvalue weighted by atomic mass is 9.85. The van der Waals surface area contributed by atoms with Gasteiger partial charge in [0.15, 0.2) is 0 Å². The summed E-state index contributed by atoms with van der Waals surface area (Å²) in [5.74, 6) is 1.02. The van der Waals surface area contributed by atoms with Gasteiger partial charge in [0, 0.05) is 19.0 Å². The Hall–Kier alpha value is -1.06. The van der Waals surface area contributed by atoms with Crippen LogP contribution >= 0.6 is 0 Å². The molecular weight excluding hydrogens is 202 g/mol. The summed E-state index contributed by atoms with van der Waals surface area (Å²) in [7, 11) is 1.74. The van der Waals surface area contributed by atoms with E-state index in [2.05, 4.69) is 17.4 Å². The minimum absolute atomic E-state index is 0.341. The Kier molecular flexibility index (Phi) is 2.58. The molecule has 0 aromatic heterocycles. The lowest BCUT2D eigenvalue weighted by Crippen LogP contribution is -2.52. The molecule has 0 spiro atoms. The Morgan fingerprint density at radius 3 is 3.19 bits per heavy atom. The van der Waals surface area contributed by atoms with E-state index in [0.29, 0.717) is 12.1 Å². The Morgan fingerprint density at radius 2 is 2.31 bits per heavy atom. The number of rotatable bonds is 1. The van der Waals surface area contributed by atoms with E-state index in [9.17, 15) is 0 Å². The Labute approximate surface area is 95.8 Å². The summed E-state index contributed by atoms with van der Waals surface area (Å²) in [6, 6.07) is 6.75. The smallest absolute Gasteiger partial charge is 0.122 e. The van der Waals surface area contributed by atoms with Crippen molar-refractivity contribution < 1.29 is 9.47 Å². The molecule has 0 bridgehead atoms. The highest BCUT2D eigenvalue weighted by atomic mass is 16.5. The van der Waals surface area contributed by atoms with Crippen molar-refractivity contribution >= 4 is 0 Å². The van der Waals surface area contributed by atoms with E-state index in [-0.39, 0.29) is 0 Å². The zero-order chi connectivity index (χ0) is 11.0. The molecule has 3 heteroatoms. The first-order valence-electron chi connectivity index (χ1n) is 5.88. The van der Waals surface area contributed by atoms with Gasteiger partial charge in [-0.1, -0.05) is 12.1 Å². The molecule has 1 heterocycles. The number of methoxy groups -OCH3 is 1. The fourth-order valence-corrected chi connectivity index (χ4v) is 2.77. The Balaban J connectivity index is 1.95. The minimum Gasteiger partial charge on any atom is -0.496 e. The third-order valence-electron chi connectivity index (χ3n) is 3.58. The molecule has 16 heavy (non-hydrogen) atoms. The van der Waals surface area contributed by atoms with Crippen LogP contribution in [0.5, 0.6) is 5.75 Å². The van der Waals surface area contributed by atoms with Gasteiger partial charge in [0.25, 0.3) is 0 Å². The van der Waals surface area contributed by atoms with E-state index < -0.39 is 0 Å². The average Bonchev–Trinajstić information content (AvgIpc) is 2.35. The normalized spacial score (nSPS) is 28.1. The van der Waals surface area contributed by atoms with Crippen molar-refractivity contribution in [2.75, 3.05) is 20.3 Å². The number of hydrogen-bond donors (Lipinski definition) is 1. The molecule has 1 N–H and O–H groups in total. The van der Waals surface area contributed by atoms with Gasteiger partial charge in [-0.3, -0.25) is 0 Å². The molecule has 1 aromatic rings. The summed E-state index contributed by atoms with van der Waals surface area (Å²) in [5, 5.41) is 3.53. The first-order chi connectivity index (χ1) is 7.88. The second-order valence-corrected chi connectivity index (χ2v) is 4.48. The van der Waals surface area contributed by atoms with Crippen LogP contribution in [0.4, 0.5) is 0 Å². The number of nitrogens with one attached hydrogen (secondary N) is 1. The highest BCUT2D eigenvalue weighted by molar-refractivity contribution is 5.43. The maximum absolute atomic E-state index is 5.81. The van der Waals surface area contributed by atoms with E-state index in [1.165, 1.54) is 11.1 Å². The Morgan fingerprint density at radius 1 is 1.38 bits per heavy atom. The van der Waals surface area contributed by atoms with Crippen LogP contribution in [0.1, 0.15) is 11.1 Å². The van der Waals surface area contributed by atoms with Crippen LogP contribution in [0.15, 0.2) is 18.2 Å². The van der Waals surface area contributed by atoms with Crippen LogP contribution in [0, 0.1) is 0 Å². The quantitative estimate of drug-likeness (QED) is 0.768. The van der Waals surface area contributed by atoms with E-state index in [1.54, 1.807) is 7.11 Å². The van der Waals surface area contributed by atoms with Gasteiger partial charge >= 0.3 is 0 Å². The largest absolute Gasteiger partial charge is 0.496 e. The number of ether oxygens (including phenoxy) is 2. The molecule has 0 amide bonds. The van der Waals surface area contributed by atoms with Gasteiger partial charge in [0.1, 0.15) is 5.75 Å². The van der Waals surface area contributed by atoms with E-state index in [4.69, 9.17) is 9.47 Å². The Bertz CT molecular complexity index is 392. The molecule has 3 rings (SSSR count). The summed E-state index contributed by atoms with van der Waals surface area (Å²) >= 11 is 0. The molecule has 1 aliphatic heterocycles. The second kappa shape index (κ2) is 4.07. The molecule has 1 saturated heterocycles. The van der Waals surface area contributed by atoms with E-state index in [1.807, 2.05) is 6.07 Å². The lowest BCUT2D eigenvalue weighted by molar-refractivity contribution is -0.00759. The lowest BCUT2D eigenvalue weighted by Gasteiger charge is -2.37. The predicted molar refractivity (Wildman–Crippen MR) is 61.9 cm³/mol. The highest BCUT2D eigenvalue weighted by Crippen LogP contribution is 2.31. The number of fused-ring (bicyclic) bond motifs is 2. The van der Waals surface area contributed by atoms with Crippen LogP contribution in [-0.2, 0) is 17.6 Å². The highest BCUT2D eigenvalue weighted by Gasteiger charge is 2.32. The van der Waals surface area contributed by atoms with Crippen LogP contribution in [-0.4, -0.2) is 32.4 Å². The zero-order valence-corrected chi connectivity index (χ0v) is 9.53. The second-order valence-electron chi connectivity index (χ2n) is 4.48. The van der Waals surface area contributed by atoms with Crippen molar-refractivity contribution in [3.05, 3.63) is 29.3 Å². The van der Waals surface area contributed by atoms with Crippen molar-refractivity contribution in [1.82, 2.24) is 5.32 Å². The molecular formula is C13H17NO2. The topological polar surface area (TPSA) is 30.5 Å². The molecule has 2 atom stereocenters. The molecule has 2 aliphatic rings.